The van der Waals surface area contributed by atoms with Crippen LogP contribution in [0.2, 0.25) is 0 Å². The molecule has 3 nitrogen and oxygen atoms in total. The summed E-state index contributed by atoms with van der Waals surface area (Å²) in [5.74, 6) is 2.48. The second-order valence-electron chi connectivity index (χ2n) is 4.54. The number of hydrogen-bond acceptors (Lipinski definition) is 3. The van der Waals surface area contributed by atoms with Gasteiger partial charge in [-0.25, -0.2) is 0 Å². The van der Waals surface area contributed by atoms with Crippen LogP contribution in [0.1, 0.15) is 18.4 Å². The smallest absolute Gasteiger partial charge is 0.232 e. The summed E-state index contributed by atoms with van der Waals surface area (Å²) in [6, 6.07) is 5.96. The lowest BCUT2D eigenvalue weighted by molar-refractivity contribution is -0.127. The fourth-order valence-electron chi connectivity index (χ4n) is 2.17. The Labute approximate surface area is 126 Å². The van der Waals surface area contributed by atoms with Crippen LogP contribution in [0.15, 0.2) is 22.7 Å². The molecule has 0 radical (unpaired) electrons. The molecule has 0 unspecified atom stereocenters. The van der Waals surface area contributed by atoms with E-state index in [0.717, 1.165) is 47.5 Å². The Bertz CT molecular complexity index is 447. The van der Waals surface area contributed by atoms with Gasteiger partial charge in [-0.05, 0) is 31.0 Å². The first-order valence-electron chi connectivity index (χ1n) is 6.38. The van der Waals surface area contributed by atoms with Crippen molar-refractivity contribution in [3.8, 4) is 5.75 Å². The number of nitrogens with zero attached hydrogens (tertiary/aromatic N) is 1. The molecule has 1 heterocycles. The molecule has 1 saturated heterocycles. The van der Waals surface area contributed by atoms with Crippen LogP contribution >= 0.6 is 27.7 Å². The van der Waals surface area contributed by atoms with Gasteiger partial charge in [0.05, 0.1) is 12.9 Å². The Hall–Kier alpha value is -0.680. The largest absolute Gasteiger partial charge is 0.496 e. The zero-order valence-corrected chi connectivity index (χ0v) is 13.4. The fraction of sp³-hybridized carbons (Fsp3) is 0.500. The molecule has 0 atom stereocenters. The summed E-state index contributed by atoms with van der Waals surface area (Å²) in [6.07, 6.45) is 2.30. The number of carbonyl (C=O) groups is 1. The summed E-state index contributed by atoms with van der Waals surface area (Å²) in [7, 11) is 1.67. The zero-order chi connectivity index (χ0) is 13.7. The summed E-state index contributed by atoms with van der Waals surface area (Å²) >= 11 is 5.11. The number of ether oxygens (including phenoxy) is 1. The first kappa shape index (κ1) is 14.7. The van der Waals surface area contributed by atoms with Crippen molar-refractivity contribution in [3.05, 3.63) is 28.2 Å². The average molecular weight is 344 g/mol. The van der Waals surface area contributed by atoms with Crippen molar-refractivity contribution >= 4 is 33.6 Å². The minimum atomic E-state index is 0.261. The molecule has 1 aliphatic rings. The minimum Gasteiger partial charge on any atom is -0.496 e. The van der Waals surface area contributed by atoms with E-state index in [1.54, 1.807) is 18.9 Å². The van der Waals surface area contributed by atoms with Crippen LogP contribution in [-0.4, -0.2) is 36.8 Å². The molecule has 1 fully saturated rings. The van der Waals surface area contributed by atoms with E-state index < -0.39 is 0 Å². The lowest BCUT2D eigenvalue weighted by Crippen LogP contribution is -2.29. The molecule has 0 saturated carbocycles. The predicted octanol–water partition coefficient (Wildman–Crippen LogP) is 3.31. The van der Waals surface area contributed by atoms with E-state index in [1.807, 2.05) is 23.1 Å². The molecule has 1 aromatic carbocycles. The fourth-order valence-corrected chi connectivity index (χ4v) is 3.48. The second-order valence-corrected chi connectivity index (χ2v) is 6.44. The van der Waals surface area contributed by atoms with Gasteiger partial charge in [-0.15, -0.1) is 11.8 Å². The van der Waals surface area contributed by atoms with Gasteiger partial charge in [0.15, 0.2) is 0 Å². The lowest BCUT2D eigenvalue weighted by Gasteiger charge is -2.15. The van der Waals surface area contributed by atoms with Gasteiger partial charge in [0.25, 0.3) is 0 Å². The van der Waals surface area contributed by atoms with Crippen LogP contribution in [0.3, 0.4) is 0 Å². The Morgan fingerprint density at radius 2 is 2.16 bits per heavy atom. The monoisotopic (exact) mass is 343 g/mol. The molecule has 0 N–H and O–H groups in total. The molecule has 0 aromatic heterocycles. The van der Waals surface area contributed by atoms with Crippen molar-refractivity contribution in [2.24, 2.45) is 0 Å². The van der Waals surface area contributed by atoms with Gasteiger partial charge in [-0.3, -0.25) is 4.79 Å². The highest BCUT2D eigenvalue weighted by molar-refractivity contribution is 9.10. The van der Waals surface area contributed by atoms with E-state index in [0.29, 0.717) is 5.75 Å². The highest BCUT2D eigenvalue weighted by atomic mass is 79.9. The van der Waals surface area contributed by atoms with Crippen LogP contribution in [-0.2, 0) is 10.5 Å². The van der Waals surface area contributed by atoms with E-state index in [9.17, 15) is 4.79 Å². The maximum absolute atomic E-state index is 11.9. The van der Waals surface area contributed by atoms with Crippen molar-refractivity contribution in [2.75, 3.05) is 26.0 Å². The van der Waals surface area contributed by atoms with Crippen LogP contribution in [0.4, 0.5) is 0 Å². The number of carbonyl (C=O) groups excluding carboxylic acids is 1. The number of benzene rings is 1. The number of methoxy groups -OCH3 is 1. The molecule has 1 amide bonds. The van der Waals surface area contributed by atoms with E-state index >= 15 is 0 Å². The Balaban J connectivity index is 1.84. The van der Waals surface area contributed by atoms with Crippen LogP contribution < -0.4 is 4.74 Å². The first-order valence-corrected chi connectivity index (χ1v) is 8.33. The third kappa shape index (κ3) is 4.14. The number of halogens is 1. The topological polar surface area (TPSA) is 29.5 Å². The minimum absolute atomic E-state index is 0.261. The van der Waals surface area contributed by atoms with Gasteiger partial charge < -0.3 is 9.64 Å². The van der Waals surface area contributed by atoms with Gasteiger partial charge in [0.1, 0.15) is 5.75 Å². The van der Waals surface area contributed by atoms with E-state index in [-0.39, 0.29) is 5.91 Å². The van der Waals surface area contributed by atoms with E-state index in [4.69, 9.17) is 4.74 Å². The maximum Gasteiger partial charge on any atom is 0.232 e. The normalized spacial score (nSPS) is 14.7. The Morgan fingerprint density at radius 1 is 1.42 bits per heavy atom. The van der Waals surface area contributed by atoms with E-state index in [1.165, 1.54) is 0 Å². The molecular formula is C14H18BrNO2S. The molecule has 1 aliphatic heterocycles. The van der Waals surface area contributed by atoms with E-state index in [2.05, 4.69) is 15.9 Å². The van der Waals surface area contributed by atoms with Crippen molar-refractivity contribution in [1.29, 1.82) is 0 Å². The number of rotatable bonds is 5. The zero-order valence-electron chi connectivity index (χ0n) is 11.0. The van der Waals surface area contributed by atoms with Crippen LogP contribution in [0.25, 0.3) is 0 Å². The molecular weight excluding hydrogens is 326 g/mol. The van der Waals surface area contributed by atoms with Gasteiger partial charge in [-0.2, -0.15) is 0 Å². The summed E-state index contributed by atoms with van der Waals surface area (Å²) < 4.78 is 6.36. The molecule has 0 aliphatic carbocycles. The molecule has 0 bridgehead atoms. The number of likely N-dealkylation sites (tertiary alicyclic amines) is 1. The van der Waals surface area contributed by atoms with Crippen LogP contribution in [0, 0.1) is 0 Å². The molecule has 104 valence electrons. The second kappa shape index (κ2) is 7.20. The van der Waals surface area contributed by atoms with Gasteiger partial charge in [0.2, 0.25) is 5.91 Å². The third-order valence-electron chi connectivity index (χ3n) is 3.18. The Kier molecular flexibility index (Phi) is 5.58. The third-order valence-corrected chi connectivity index (χ3v) is 4.64. The molecule has 19 heavy (non-hydrogen) atoms. The van der Waals surface area contributed by atoms with Gasteiger partial charge >= 0.3 is 0 Å². The average Bonchev–Trinajstić information content (AvgIpc) is 2.93. The molecule has 0 spiro atoms. The summed E-state index contributed by atoms with van der Waals surface area (Å²) in [4.78, 5) is 13.9. The molecule has 5 heteroatoms. The Morgan fingerprint density at radius 3 is 2.84 bits per heavy atom. The predicted molar refractivity (Wildman–Crippen MR) is 82.7 cm³/mol. The van der Waals surface area contributed by atoms with Crippen molar-refractivity contribution in [2.45, 2.75) is 18.6 Å². The summed E-state index contributed by atoms with van der Waals surface area (Å²) in [6.45, 7) is 1.86. The van der Waals surface area contributed by atoms with Crippen LogP contribution in [0.5, 0.6) is 5.75 Å². The van der Waals surface area contributed by atoms with Crippen molar-refractivity contribution < 1.29 is 9.53 Å². The number of hydrogen-bond donors (Lipinski definition) is 0. The highest BCUT2D eigenvalue weighted by Crippen LogP contribution is 2.27. The first-order chi connectivity index (χ1) is 9.20. The van der Waals surface area contributed by atoms with Gasteiger partial charge in [0, 0.05) is 28.9 Å². The number of thioether (sulfide) groups is 1. The lowest BCUT2D eigenvalue weighted by atomic mass is 10.2. The quantitative estimate of drug-likeness (QED) is 0.821. The van der Waals surface area contributed by atoms with Crippen molar-refractivity contribution in [3.63, 3.8) is 0 Å². The SMILES string of the molecule is COc1ccc(Br)cc1CSCC(=O)N1CCCC1. The highest BCUT2D eigenvalue weighted by Gasteiger charge is 2.17. The van der Waals surface area contributed by atoms with Crippen molar-refractivity contribution in [1.82, 2.24) is 4.90 Å². The number of amides is 1. The molecule has 2 rings (SSSR count). The molecule has 1 aromatic rings. The summed E-state index contributed by atoms with van der Waals surface area (Å²) in [5, 5.41) is 0. The van der Waals surface area contributed by atoms with Gasteiger partial charge in [-0.1, -0.05) is 15.9 Å². The standard InChI is InChI=1S/C14H18BrNO2S/c1-18-13-5-4-12(15)8-11(13)9-19-10-14(17)16-6-2-3-7-16/h4-5,8H,2-3,6-7,9-10H2,1H3. The summed E-state index contributed by atoms with van der Waals surface area (Å²) in [5.41, 5.74) is 1.12. The maximum atomic E-state index is 11.9.